The molecule has 0 spiro atoms. The van der Waals surface area contributed by atoms with Crippen molar-refractivity contribution < 1.29 is 8.42 Å². The highest BCUT2D eigenvalue weighted by Crippen LogP contribution is 2.23. The fourth-order valence-electron chi connectivity index (χ4n) is 1.66. The number of halogens is 1. The van der Waals surface area contributed by atoms with Crippen LogP contribution in [0.5, 0.6) is 0 Å². The molecule has 1 aliphatic rings. The van der Waals surface area contributed by atoms with Gasteiger partial charge >= 0.3 is 0 Å². The molecule has 1 aliphatic carbocycles. The molecule has 3 nitrogen and oxygen atoms in total. The van der Waals surface area contributed by atoms with E-state index in [-0.39, 0.29) is 5.75 Å². The summed E-state index contributed by atoms with van der Waals surface area (Å²) in [5.41, 5.74) is 0. The predicted molar refractivity (Wildman–Crippen MR) is 71.8 cm³/mol. The van der Waals surface area contributed by atoms with Crippen molar-refractivity contribution in [2.75, 3.05) is 12.3 Å². The van der Waals surface area contributed by atoms with E-state index in [0.29, 0.717) is 21.8 Å². The van der Waals surface area contributed by atoms with Crippen LogP contribution in [0.25, 0.3) is 0 Å². The van der Waals surface area contributed by atoms with Gasteiger partial charge in [-0.2, -0.15) is 0 Å². The van der Waals surface area contributed by atoms with Crippen LogP contribution < -0.4 is 5.32 Å². The Hall–Kier alpha value is -0.390. The van der Waals surface area contributed by atoms with Crippen LogP contribution in [-0.4, -0.2) is 26.8 Å². The summed E-state index contributed by atoms with van der Waals surface area (Å²) in [4.78, 5) is 0.395. The second-order valence-electron chi connectivity index (χ2n) is 4.33. The van der Waals surface area contributed by atoms with Crippen molar-refractivity contribution in [3.8, 4) is 0 Å². The van der Waals surface area contributed by atoms with E-state index in [4.69, 9.17) is 0 Å². The Morgan fingerprint density at radius 1 is 1.29 bits per heavy atom. The summed E-state index contributed by atoms with van der Waals surface area (Å²) in [5.74, 6) is 0.204. The second kappa shape index (κ2) is 5.50. The zero-order valence-corrected chi connectivity index (χ0v) is 11.9. The number of nitrogens with one attached hydrogen (secondary N) is 1. The molecule has 1 aromatic carbocycles. The Morgan fingerprint density at radius 3 is 2.65 bits per heavy atom. The summed E-state index contributed by atoms with van der Waals surface area (Å²) in [6.07, 6.45) is 3.13. The quantitative estimate of drug-likeness (QED) is 0.819. The van der Waals surface area contributed by atoms with E-state index in [1.807, 2.05) is 6.07 Å². The maximum Gasteiger partial charge on any atom is 0.179 e. The first-order chi connectivity index (χ1) is 8.09. The van der Waals surface area contributed by atoms with Crippen molar-refractivity contribution in [3.05, 3.63) is 28.7 Å². The first kappa shape index (κ1) is 13.1. The van der Waals surface area contributed by atoms with Crippen molar-refractivity contribution in [2.24, 2.45) is 0 Å². The van der Waals surface area contributed by atoms with Crippen LogP contribution in [0.4, 0.5) is 0 Å². The second-order valence-corrected chi connectivity index (χ2v) is 7.26. The Labute approximate surface area is 111 Å². The fraction of sp³-hybridized carbons (Fsp3) is 0.500. The van der Waals surface area contributed by atoms with Gasteiger partial charge in [-0.3, -0.25) is 0 Å². The van der Waals surface area contributed by atoms with Gasteiger partial charge in [0.25, 0.3) is 0 Å². The van der Waals surface area contributed by atoms with E-state index in [9.17, 15) is 8.42 Å². The van der Waals surface area contributed by atoms with Crippen LogP contribution in [0, 0.1) is 0 Å². The Morgan fingerprint density at radius 2 is 2.00 bits per heavy atom. The first-order valence-electron chi connectivity index (χ1n) is 5.80. The zero-order chi connectivity index (χ0) is 12.3. The van der Waals surface area contributed by atoms with E-state index in [0.717, 1.165) is 6.54 Å². The minimum Gasteiger partial charge on any atom is -0.314 e. The van der Waals surface area contributed by atoms with Gasteiger partial charge in [-0.05, 0) is 53.9 Å². The molecule has 1 saturated carbocycles. The van der Waals surface area contributed by atoms with Gasteiger partial charge in [-0.15, -0.1) is 0 Å². The fourth-order valence-corrected chi connectivity index (χ4v) is 4.08. The van der Waals surface area contributed by atoms with E-state index in [1.165, 1.54) is 12.8 Å². The van der Waals surface area contributed by atoms with Crippen LogP contribution in [0.3, 0.4) is 0 Å². The molecule has 94 valence electrons. The molecule has 1 fully saturated rings. The maximum absolute atomic E-state index is 12.1. The van der Waals surface area contributed by atoms with Crippen LogP contribution in [0.2, 0.25) is 0 Å². The summed E-state index contributed by atoms with van der Waals surface area (Å²) in [5, 5.41) is 3.32. The Bertz CT molecular complexity index is 483. The van der Waals surface area contributed by atoms with Gasteiger partial charge in [0, 0.05) is 10.5 Å². The zero-order valence-electron chi connectivity index (χ0n) is 9.52. The average Bonchev–Trinajstić information content (AvgIpc) is 3.09. The molecule has 0 unspecified atom stereocenters. The van der Waals surface area contributed by atoms with Crippen LogP contribution in [0.15, 0.2) is 33.6 Å². The molecule has 1 N–H and O–H groups in total. The molecule has 0 aromatic heterocycles. The highest BCUT2D eigenvalue weighted by atomic mass is 79.9. The van der Waals surface area contributed by atoms with Crippen molar-refractivity contribution in [3.63, 3.8) is 0 Å². The van der Waals surface area contributed by atoms with E-state index in [2.05, 4.69) is 21.2 Å². The smallest absolute Gasteiger partial charge is 0.179 e. The molecule has 0 amide bonds. The maximum atomic E-state index is 12.1. The van der Waals surface area contributed by atoms with Crippen molar-refractivity contribution in [1.29, 1.82) is 0 Å². The molecule has 0 saturated heterocycles. The van der Waals surface area contributed by atoms with Gasteiger partial charge < -0.3 is 5.32 Å². The Kier molecular flexibility index (Phi) is 4.22. The molecular formula is C12H16BrNO2S. The summed E-state index contributed by atoms with van der Waals surface area (Å²) in [6.45, 7) is 0.786. The predicted octanol–water partition coefficient (Wildman–Crippen LogP) is 2.36. The van der Waals surface area contributed by atoms with Gasteiger partial charge in [0.1, 0.15) is 0 Å². The summed E-state index contributed by atoms with van der Waals surface area (Å²) < 4.78 is 24.8. The summed E-state index contributed by atoms with van der Waals surface area (Å²) in [6, 6.07) is 7.61. The van der Waals surface area contributed by atoms with Crippen LogP contribution in [0.1, 0.15) is 19.3 Å². The molecule has 0 radical (unpaired) electrons. The number of hydrogen-bond donors (Lipinski definition) is 1. The summed E-state index contributed by atoms with van der Waals surface area (Å²) >= 11 is 3.28. The van der Waals surface area contributed by atoms with Crippen molar-refractivity contribution >= 4 is 25.8 Å². The highest BCUT2D eigenvalue weighted by molar-refractivity contribution is 9.10. The van der Waals surface area contributed by atoms with Gasteiger partial charge in [-0.25, -0.2) is 8.42 Å². The molecule has 0 bridgehead atoms. The number of rotatable bonds is 6. The van der Waals surface area contributed by atoms with Crippen LogP contribution in [-0.2, 0) is 9.84 Å². The van der Waals surface area contributed by atoms with Gasteiger partial charge in [-0.1, -0.05) is 12.1 Å². The molecule has 0 atom stereocenters. The van der Waals surface area contributed by atoms with E-state index in [1.54, 1.807) is 18.2 Å². The van der Waals surface area contributed by atoms with Gasteiger partial charge in [0.05, 0.1) is 10.6 Å². The van der Waals surface area contributed by atoms with Gasteiger partial charge in [0.15, 0.2) is 9.84 Å². The standard InChI is InChI=1S/C12H16BrNO2S/c13-11-4-1-2-5-12(11)17(15,16)9-3-8-14-10-6-7-10/h1-2,4-5,10,14H,3,6-9H2. The lowest BCUT2D eigenvalue weighted by Gasteiger charge is -2.06. The molecule has 0 aliphatic heterocycles. The molecular weight excluding hydrogens is 302 g/mol. The normalized spacial score (nSPS) is 16.1. The third-order valence-corrected chi connectivity index (χ3v) is 5.58. The number of benzene rings is 1. The molecule has 5 heteroatoms. The molecule has 1 aromatic rings. The largest absolute Gasteiger partial charge is 0.314 e. The Balaban J connectivity index is 1.91. The van der Waals surface area contributed by atoms with Crippen LogP contribution >= 0.6 is 15.9 Å². The lowest BCUT2D eigenvalue weighted by atomic mass is 10.4. The number of hydrogen-bond acceptors (Lipinski definition) is 3. The first-order valence-corrected chi connectivity index (χ1v) is 8.25. The lowest BCUT2D eigenvalue weighted by molar-refractivity contribution is 0.588. The molecule has 2 rings (SSSR count). The van der Waals surface area contributed by atoms with Crippen molar-refractivity contribution in [1.82, 2.24) is 5.32 Å². The SMILES string of the molecule is O=S(=O)(CCCNC1CC1)c1ccccc1Br. The number of sulfone groups is 1. The minimum absolute atomic E-state index is 0.204. The third-order valence-electron chi connectivity index (χ3n) is 2.77. The molecule has 0 heterocycles. The lowest BCUT2D eigenvalue weighted by Crippen LogP contribution is -2.20. The topological polar surface area (TPSA) is 46.2 Å². The molecule has 17 heavy (non-hydrogen) atoms. The van der Waals surface area contributed by atoms with E-state index < -0.39 is 9.84 Å². The monoisotopic (exact) mass is 317 g/mol. The van der Waals surface area contributed by atoms with Gasteiger partial charge in [0.2, 0.25) is 0 Å². The summed E-state index contributed by atoms with van der Waals surface area (Å²) in [7, 11) is -3.16. The minimum atomic E-state index is -3.16. The van der Waals surface area contributed by atoms with E-state index >= 15 is 0 Å². The average molecular weight is 318 g/mol. The third kappa shape index (κ3) is 3.79. The van der Waals surface area contributed by atoms with Crippen molar-refractivity contribution in [2.45, 2.75) is 30.2 Å². The highest BCUT2D eigenvalue weighted by Gasteiger charge is 2.21.